The van der Waals surface area contributed by atoms with Crippen LogP contribution in [-0.2, 0) is 9.53 Å². The molecule has 0 spiro atoms. The SMILES string of the molecule is C=CC1=CCCN=C1C(=O)OC. The number of nitrogens with zero attached hydrogens (tertiary/aromatic N) is 1. The first kappa shape index (κ1) is 8.71. The van der Waals surface area contributed by atoms with Crippen LogP contribution < -0.4 is 0 Å². The molecule has 0 fully saturated rings. The van der Waals surface area contributed by atoms with Crippen LogP contribution in [0.4, 0.5) is 0 Å². The first-order valence-electron chi connectivity index (χ1n) is 3.75. The first-order chi connectivity index (χ1) is 5.79. The van der Waals surface area contributed by atoms with Gasteiger partial charge >= 0.3 is 5.97 Å². The fourth-order valence-corrected chi connectivity index (χ4v) is 1.04. The summed E-state index contributed by atoms with van der Waals surface area (Å²) in [6.45, 7) is 4.25. The summed E-state index contributed by atoms with van der Waals surface area (Å²) in [6, 6.07) is 0. The topological polar surface area (TPSA) is 38.7 Å². The molecule has 0 aliphatic carbocycles. The zero-order valence-electron chi connectivity index (χ0n) is 7.04. The molecule has 1 aliphatic heterocycles. The predicted molar refractivity (Wildman–Crippen MR) is 47.2 cm³/mol. The third-order valence-electron chi connectivity index (χ3n) is 1.64. The van der Waals surface area contributed by atoms with Crippen LogP contribution in [0.1, 0.15) is 6.42 Å². The summed E-state index contributed by atoms with van der Waals surface area (Å²) in [4.78, 5) is 15.1. The van der Waals surface area contributed by atoms with Gasteiger partial charge in [0.15, 0.2) is 0 Å². The third-order valence-corrected chi connectivity index (χ3v) is 1.64. The van der Waals surface area contributed by atoms with Crippen molar-refractivity contribution in [2.75, 3.05) is 13.7 Å². The molecule has 0 aromatic carbocycles. The minimum Gasteiger partial charge on any atom is -0.464 e. The molecule has 12 heavy (non-hydrogen) atoms. The number of aliphatic imine (C=N–C) groups is 1. The number of dihydropyridines is 1. The number of esters is 1. The van der Waals surface area contributed by atoms with E-state index in [9.17, 15) is 4.79 Å². The van der Waals surface area contributed by atoms with Crippen molar-refractivity contribution in [2.24, 2.45) is 4.99 Å². The third kappa shape index (κ3) is 1.61. The molecule has 3 heteroatoms. The van der Waals surface area contributed by atoms with E-state index >= 15 is 0 Å². The van der Waals surface area contributed by atoms with Gasteiger partial charge in [-0.05, 0) is 6.42 Å². The van der Waals surface area contributed by atoms with E-state index in [1.165, 1.54) is 7.11 Å². The average Bonchev–Trinajstić information content (AvgIpc) is 2.16. The van der Waals surface area contributed by atoms with Crippen LogP contribution in [-0.4, -0.2) is 25.3 Å². The van der Waals surface area contributed by atoms with Crippen LogP contribution in [0.3, 0.4) is 0 Å². The monoisotopic (exact) mass is 165 g/mol. The van der Waals surface area contributed by atoms with Gasteiger partial charge in [0.05, 0.1) is 7.11 Å². The van der Waals surface area contributed by atoms with Crippen LogP contribution in [0, 0.1) is 0 Å². The van der Waals surface area contributed by atoms with Crippen LogP contribution in [0.25, 0.3) is 0 Å². The zero-order chi connectivity index (χ0) is 8.97. The quantitative estimate of drug-likeness (QED) is 0.575. The van der Waals surface area contributed by atoms with Crippen molar-refractivity contribution < 1.29 is 9.53 Å². The summed E-state index contributed by atoms with van der Waals surface area (Å²) in [7, 11) is 1.35. The lowest BCUT2D eigenvalue weighted by molar-refractivity contribution is -0.132. The Labute approximate surface area is 71.4 Å². The maximum Gasteiger partial charge on any atom is 0.356 e. The summed E-state index contributed by atoms with van der Waals surface area (Å²) < 4.78 is 4.56. The molecular weight excluding hydrogens is 154 g/mol. The molecule has 0 N–H and O–H groups in total. The van der Waals surface area contributed by atoms with E-state index in [4.69, 9.17) is 0 Å². The predicted octanol–water partition coefficient (Wildman–Crippen LogP) is 1.12. The number of methoxy groups -OCH3 is 1. The highest BCUT2D eigenvalue weighted by molar-refractivity contribution is 6.44. The number of rotatable bonds is 2. The lowest BCUT2D eigenvalue weighted by Gasteiger charge is -2.09. The summed E-state index contributed by atoms with van der Waals surface area (Å²) in [5.41, 5.74) is 1.16. The van der Waals surface area contributed by atoms with Crippen molar-refractivity contribution in [2.45, 2.75) is 6.42 Å². The molecule has 0 saturated carbocycles. The van der Waals surface area contributed by atoms with E-state index in [0.717, 1.165) is 12.0 Å². The van der Waals surface area contributed by atoms with Gasteiger partial charge in [0, 0.05) is 12.1 Å². The molecule has 1 heterocycles. The van der Waals surface area contributed by atoms with Gasteiger partial charge in [0.25, 0.3) is 0 Å². The number of allylic oxidation sites excluding steroid dienone is 1. The van der Waals surface area contributed by atoms with E-state index in [-0.39, 0.29) is 5.97 Å². The Morgan fingerprint density at radius 1 is 1.83 bits per heavy atom. The number of carbonyl (C=O) groups excluding carboxylic acids is 1. The van der Waals surface area contributed by atoms with Gasteiger partial charge in [-0.1, -0.05) is 18.7 Å². The van der Waals surface area contributed by atoms with E-state index in [2.05, 4.69) is 16.3 Å². The number of hydrogen-bond acceptors (Lipinski definition) is 3. The van der Waals surface area contributed by atoms with Gasteiger partial charge in [-0.25, -0.2) is 4.79 Å². The Kier molecular flexibility index (Phi) is 2.80. The molecule has 64 valence electrons. The van der Waals surface area contributed by atoms with Crippen LogP contribution >= 0.6 is 0 Å². The van der Waals surface area contributed by atoms with E-state index < -0.39 is 0 Å². The molecule has 0 unspecified atom stereocenters. The van der Waals surface area contributed by atoms with Crippen LogP contribution in [0.5, 0.6) is 0 Å². The van der Waals surface area contributed by atoms with Gasteiger partial charge in [-0.2, -0.15) is 0 Å². The Morgan fingerprint density at radius 3 is 3.17 bits per heavy atom. The van der Waals surface area contributed by atoms with Gasteiger partial charge in [0.1, 0.15) is 5.71 Å². The summed E-state index contributed by atoms with van der Waals surface area (Å²) in [5, 5.41) is 0. The number of carbonyl (C=O) groups is 1. The molecule has 0 bridgehead atoms. The smallest absolute Gasteiger partial charge is 0.356 e. The molecule has 0 radical (unpaired) electrons. The fourth-order valence-electron chi connectivity index (χ4n) is 1.04. The second-order valence-corrected chi connectivity index (χ2v) is 2.37. The van der Waals surface area contributed by atoms with Crippen molar-refractivity contribution in [1.29, 1.82) is 0 Å². The maximum atomic E-state index is 11.1. The maximum absolute atomic E-state index is 11.1. The van der Waals surface area contributed by atoms with Crippen molar-refractivity contribution in [3.8, 4) is 0 Å². The molecule has 1 rings (SSSR count). The summed E-state index contributed by atoms with van der Waals surface area (Å²) in [5.74, 6) is -0.388. The summed E-state index contributed by atoms with van der Waals surface area (Å²) in [6.07, 6.45) is 4.42. The molecular formula is C9H11NO2. The molecule has 3 nitrogen and oxygen atoms in total. The molecule has 0 atom stereocenters. The van der Waals surface area contributed by atoms with E-state index in [1.807, 2.05) is 6.08 Å². The minimum absolute atomic E-state index is 0.388. The number of hydrogen-bond donors (Lipinski definition) is 0. The highest BCUT2D eigenvalue weighted by Gasteiger charge is 2.16. The Balaban J connectivity index is 2.87. The lowest BCUT2D eigenvalue weighted by atomic mass is 10.1. The second kappa shape index (κ2) is 3.85. The van der Waals surface area contributed by atoms with Crippen molar-refractivity contribution in [3.63, 3.8) is 0 Å². The van der Waals surface area contributed by atoms with E-state index in [0.29, 0.717) is 12.3 Å². The highest BCUT2D eigenvalue weighted by atomic mass is 16.5. The average molecular weight is 165 g/mol. The minimum atomic E-state index is -0.388. The Hall–Kier alpha value is -1.38. The fraction of sp³-hybridized carbons (Fsp3) is 0.333. The van der Waals surface area contributed by atoms with Gasteiger partial charge in [-0.3, -0.25) is 4.99 Å². The molecule has 0 aromatic rings. The zero-order valence-corrected chi connectivity index (χ0v) is 7.04. The summed E-state index contributed by atoms with van der Waals surface area (Å²) >= 11 is 0. The van der Waals surface area contributed by atoms with Crippen LogP contribution in [0.15, 0.2) is 29.3 Å². The van der Waals surface area contributed by atoms with Gasteiger partial charge in [0.2, 0.25) is 0 Å². The van der Waals surface area contributed by atoms with Crippen molar-refractivity contribution in [3.05, 3.63) is 24.3 Å². The van der Waals surface area contributed by atoms with E-state index in [1.54, 1.807) is 6.08 Å². The van der Waals surface area contributed by atoms with Gasteiger partial charge in [-0.15, -0.1) is 0 Å². The van der Waals surface area contributed by atoms with Crippen molar-refractivity contribution in [1.82, 2.24) is 0 Å². The molecule has 0 saturated heterocycles. The molecule has 1 aliphatic rings. The first-order valence-corrected chi connectivity index (χ1v) is 3.75. The lowest BCUT2D eigenvalue weighted by Crippen LogP contribution is -2.20. The van der Waals surface area contributed by atoms with Crippen molar-refractivity contribution >= 4 is 11.7 Å². The Bertz CT molecular complexity index is 264. The normalized spacial score (nSPS) is 16.1. The van der Waals surface area contributed by atoms with Crippen LogP contribution in [0.2, 0.25) is 0 Å². The highest BCUT2D eigenvalue weighted by Crippen LogP contribution is 2.09. The molecule has 0 aromatic heterocycles. The van der Waals surface area contributed by atoms with Gasteiger partial charge < -0.3 is 4.74 Å². The Morgan fingerprint density at radius 2 is 2.58 bits per heavy atom. The largest absolute Gasteiger partial charge is 0.464 e. The standard InChI is InChI=1S/C9H11NO2/c1-3-7-5-4-6-10-8(7)9(11)12-2/h3,5H,1,4,6H2,2H3. The number of ether oxygens (including phenoxy) is 1. The molecule has 0 amide bonds. The second-order valence-electron chi connectivity index (χ2n) is 2.37.